The van der Waals surface area contributed by atoms with Crippen LogP contribution in [0, 0.1) is 36.0 Å². The third-order valence-corrected chi connectivity index (χ3v) is 6.63. The first-order valence-electron chi connectivity index (χ1n) is 12.2. The molecule has 0 spiro atoms. The van der Waals surface area contributed by atoms with Crippen LogP contribution in [0.2, 0.25) is 5.02 Å². The Morgan fingerprint density at radius 1 is 1.28 bits per heavy atom. The van der Waals surface area contributed by atoms with Gasteiger partial charge in [0.2, 0.25) is 0 Å². The Hall–Kier alpha value is -1.57. The highest BCUT2D eigenvalue weighted by atomic mass is 35.5. The molecule has 1 aliphatic carbocycles. The molecule has 1 saturated carbocycles. The number of carbonyl (C=O) groups excluding carboxylic acids is 1. The number of likely N-dealkylation sites (tertiary alicyclic amines) is 1. The number of nitriles is 1. The van der Waals surface area contributed by atoms with Crippen molar-refractivity contribution in [1.29, 1.82) is 5.26 Å². The van der Waals surface area contributed by atoms with E-state index < -0.39 is 0 Å². The molecule has 0 bridgehead atoms. The minimum atomic E-state index is 0.462. The molecule has 0 aromatic heterocycles. The topological polar surface area (TPSA) is 53.3 Å². The smallest absolute Gasteiger partial charge is 0.293 e. The first kappa shape index (κ1) is 30.4. The van der Waals surface area contributed by atoms with Crippen molar-refractivity contribution in [3.63, 3.8) is 0 Å². The molecular formula is C27H45ClN2O2. The molecule has 0 amide bonds. The summed E-state index contributed by atoms with van der Waals surface area (Å²) in [6.07, 6.45) is 9.61. The number of nitrogens with zero attached hydrogens (tertiary/aromatic N) is 2. The van der Waals surface area contributed by atoms with Gasteiger partial charge in [0.15, 0.2) is 0 Å². The molecule has 0 radical (unpaired) electrons. The van der Waals surface area contributed by atoms with Gasteiger partial charge in [-0.25, -0.2) is 0 Å². The number of aryl methyl sites for hydroxylation is 1. The van der Waals surface area contributed by atoms with Crippen molar-refractivity contribution in [2.75, 3.05) is 26.7 Å². The molecule has 1 aromatic carbocycles. The Morgan fingerprint density at radius 2 is 1.97 bits per heavy atom. The summed E-state index contributed by atoms with van der Waals surface area (Å²) in [6.45, 7) is 14.5. The van der Waals surface area contributed by atoms with Gasteiger partial charge in [-0.2, -0.15) is 5.26 Å². The van der Waals surface area contributed by atoms with Gasteiger partial charge < -0.3 is 9.64 Å². The van der Waals surface area contributed by atoms with Crippen molar-refractivity contribution in [3.8, 4) is 6.07 Å². The molecule has 4 nitrogen and oxygen atoms in total. The molecule has 2 aliphatic rings. The Kier molecular flexibility index (Phi) is 18.0. The van der Waals surface area contributed by atoms with Crippen LogP contribution in [0.5, 0.6) is 0 Å². The summed E-state index contributed by atoms with van der Waals surface area (Å²) in [4.78, 5) is 11.8. The first-order chi connectivity index (χ1) is 15.3. The van der Waals surface area contributed by atoms with Crippen molar-refractivity contribution < 1.29 is 9.53 Å². The summed E-state index contributed by atoms with van der Waals surface area (Å²) in [5.41, 5.74) is 1.61. The van der Waals surface area contributed by atoms with Crippen molar-refractivity contribution in [1.82, 2.24) is 4.90 Å². The molecule has 0 N–H and O–H groups in total. The fraction of sp³-hybridized carbons (Fsp3) is 0.704. The maximum atomic E-state index is 9.34. The fourth-order valence-electron chi connectivity index (χ4n) is 3.54. The van der Waals surface area contributed by atoms with Crippen LogP contribution in [0.1, 0.15) is 83.8 Å². The van der Waals surface area contributed by atoms with E-state index in [9.17, 15) is 4.79 Å². The second kappa shape index (κ2) is 18.9. The fourth-order valence-corrected chi connectivity index (χ4v) is 3.82. The van der Waals surface area contributed by atoms with Crippen LogP contribution < -0.4 is 0 Å². The second-order valence-corrected chi connectivity index (χ2v) is 9.37. The van der Waals surface area contributed by atoms with E-state index in [1.54, 1.807) is 12.1 Å². The van der Waals surface area contributed by atoms with E-state index in [1.807, 2.05) is 26.0 Å². The number of hydrogen-bond acceptors (Lipinski definition) is 4. The van der Waals surface area contributed by atoms with Crippen LogP contribution in [0.3, 0.4) is 0 Å². The molecular weight excluding hydrogens is 420 g/mol. The van der Waals surface area contributed by atoms with Crippen molar-refractivity contribution in [3.05, 3.63) is 34.3 Å². The number of ether oxygens (including phenoxy) is 1. The van der Waals surface area contributed by atoms with Crippen molar-refractivity contribution in [2.24, 2.45) is 17.8 Å². The van der Waals surface area contributed by atoms with Gasteiger partial charge in [0.05, 0.1) is 17.2 Å². The zero-order valence-electron chi connectivity index (χ0n) is 21.2. The predicted molar refractivity (Wildman–Crippen MR) is 136 cm³/mol. The molecule has 1 aromatic rings. The van der Waals surface area contributed by atoms with Crippen LogP contribution in [0.15, 0.2) is 18.2 Å². The lowest BCUT2D eigenvalue weighted by molar-refractivity contribution is -0.128. The highest BCUT2D eigenvalue weighted by molar-refractivity contribution is 6.31. The summed E-state index contributed by atoms with van der Waals surface area (Å²) in [5, 5.41) is 9.00. The third kappa shape index (κ3) is 13.8. The predicted octanol–water partition coefficient (Wildman–Crippen LogP) is 7.27. The monoisotopic (exact) mass is 464 g/mol. The number of hydrogen-bond donors (Lipinski definition) is 0. The Morgan fingerprint density at radius 3 is 2.28 bits per heavy atom. The normalized spacial score (nSPS) is 18.2. The molecule has 2 unspecified atom stereocenters. The molecule has 1 heterocycles. The Labute approximate surface area is 202 Å². The molecule has 2 atom stereocenters. The lowest BCUT2D eigenvalue weighted by Gasteiger charge is -2.22. The van der Waals surface area contributed by atoms with Crippen LogP contribution in [-0.2, 0) is 9.53 Å². The maximum absolute atomic E-state index is 9.34. The maximum Gasteiger partial charge on any atom is 0.293 e. The molecule has 182 valence electrons. The quantitative estimate of drug-likeness (QED) is 0.328. The average molecular weight is 465 g/mol. The van der Waals surface area contributed by atoms with E-state index in [1.165, 1.54) is 51.6 Å². The van der Waals surface area contributed by atoms with E-state index in [0.29, 0.717) is 23.7 Å². The van der Waals surface area contributed by atoms with Gasteiger partial charge in [0.1, 0.15) is 6.07 Å². The highest BCUT2D eigenvalue weighted by Gasteiger charge is 2.23. The molecule has 32 heavy (non-hydrogen) atoms. The SMILES string of the molecule is CCC(C)C1CCN(C)C1.CCC1CCC1.CCCOC=O.Cc1ccc(C#N)c(Cl)c1. The third-order valence-electron chi connectivity index (χ3n) is 6.31. The largest absolute Gasteiger partial charge is 0.468 e. The Balaban J connectivity index is 0.000000413. The van der Waals surface area contributed by atoms with E-state index in [4.69, 9.17) is 16.9 Å². The number of halogens is 1. The second-order valence-electron chi connectivity index (χ2n) is 8.96. The van der Waals surface area contributed by atoms with E-state index in [-0.39, 0.29) is 0 Å². The zero-order chi connectivity index (χ0) is 24.4. The summed E-state index contributed by atoms with van der Waals surface area (Å²) in [7, 11) is 2.22. The zero-order valence-corrected chi connectivity index (χ0v) is 22.0. The van der Waals surface area contributed by atoms with Crippen LogP contribution in [0.4, 0.5) is 0 Å². The van der Waals surface area contributed by atoms with Crippen molar-refractivity contribution >= 4 is 18.1 Å². The van der Waals surface area contributed by atoms with Gasteiger partial charge in [-0.1, -0.05) is 77.5 Å². The van der Waals surface area contributed by atoms with Crippen LogP contribution in [-0.4, -0.2) is 38.1 Å². The summed E-state index contributed by atoms with van der Waals surface area (Å²) in [5.74, 6) is 3.03. The van der Waals surface area contributed by atoms with Gasteiger partial charge in [-0.15, -0.1) is 0 Å². The summed E-state index contributed by atoms with van der Waals surface area (Å²) in [6, 6.07) is 7.35. The minimum absolute atomic E-state index is 0.462. The molecule has 3 rings (SSSR count). The van der Waals surface area contributed by atoms with Crippen molar-refractivity contribution in [2.45, 2.75) is 79.6 Å². The highest BCUT2D eigenvalue weighted by Crippen LogP contribution is 2.28. The average Bonchev–Trinajstić information content (AvgIpc) is 3.19. The van der Waals surface area contributed by atoms with E-state index in [2.05, 4.69) is 37.5 Å². The summed E-state index contributed by atoms with van der Waals surface area (Å²) < 4.78 is 4.30. The number of benzene rings is 1. The molecule has 5 heteroatoms. The lowest BCUT2D eigenvalue weighted by Crippen LogP contribution is -2.17. The molecule has 1 saturated heterocycles. The van der Waals surface area contributed by atoms with Gasteiger partial charge in [-0.3, -0.25) is 4.79 Å². The lowest BCUT2D eigenvalue weighted by atomic mass is 9.84. The molecule has 1 aliphatic heterocycles. The summed E-state index contributed by atoms with van der Waals surface area (Å²) >= 11 is 5.71. The van der Waals surface area contributed by atoms with Gasteiger partial charge in [0, 0.05) is 6.54 Å². The van der Waals surface area contributed by atoms with Gasteiger partial charge in [-0.05, 0) is 68.8 Å². The standard InChI is InChI=1S/C9H19N.C8H6ClN.C6H12.C4H8O2/c1-4-8(2)9-5-6-10(3)7-9;1-6-2-3-7(5-10)8(9)4-6;1-2-6-4-3-5-6;1-2-3-6-4-5/h8-9H,4-7H2,1-3H3;2-4H,1H3;6H,2-5H2,1H3;4H,2-3H2,1H3. The van der Waals surface area contributed by atoms with Crippen LogP contribution >= 0.6 is 11.6 Å². The van der Waals surface area contributed by atoms with Gasteiger partial charge >= 0.3 is 0 Å². The van der Waals surface area contributed by atoms with E-state index in [0.717, 1.165) is 29.7 Å². The van der Waals surface area contributed by atoms with Crippen LogP contribution in [0.25, 0.3) is 0 Å². The number of carbonyl (C=O) groups is 1. The Bertz CT molecular complexity index is 653. The first-order valence-corrected chi connectivity index (χ1v) is 12.6. The molecule has 2 fully saturated rings. The van der Waals surface area contributed by atoms with E-state index >= 15 is 0 Å². The van der Waals surface area contributed by atoms with Gasteiger partial charge in [0.25, 0.3) is 6.47 Å². The number of rotatable bonds is 6. The minimum Gasteiger partial charge on any atom is -0.468 e.